The first-order valence-electron chi connectivity index (χ1n) is 10.3. The monoisotopic (exact) mass is 369 g/mol. The zero-order chi connectivity index (χ0) is 19.0. The molecule has 0 aromatic carbocycles. The lowest BCUT2D eigenvalue weighted by atomic mass is 9.92. The molecule has 2 aromatic rings. The number of likely N-dealkylation sites (tertiary alicyclic amines) is 1. The van der Waals surface area contributed by atoms with Crippen LogP contribution >= 0.6 is 0 Å². The molecule has 0 saturated carbocycles. The first-order valence-corrected chi connectivity index (χ1v) is 10.3. The van der Waals surface area contributed by atoms with E-state index in [2.05, 4.69) is 41.0 Å². The van der Waals surface area contributed by atoms with Crippen molar-refractivity contribution in [2.24, 2.45) is 0 Å². The average Bonchev–Trinajstić information content (AvgIpc) is 3.24. The third-order valence-electron chi connectivity index (χ3n) is 6.01. The van der Waals surface area contributed by atoms with Crippen LogP contribution in [0.15, 0.2) is 16.9 Å². The Bertz CT molecular complexity index is 860. The fraction of sp³-hybridized carbons (Fsp3) is 0.667. The number of fused-ring (bicyclic) bond motifs is 1. The Kier molecular flexibility index (Phi) is 4.93. The van der Waals surface area contributed by atoms with Gasteiger partial charge in [-0.3, -0.25) is 14.8 Å². The van der Waals surface area contributed by atoms with E-state index in [4.69, 9.17) is 0 Å². The van der Waals surface area contributed by atoms with E-state index >= 15 is 0 Å². The Morgan fingerprint density at radius 2 is 2.00 bits per heavy atom. The molecule has 1 aliphatic carbocycles. The molecule has 6 heteroatoms. The fourth-order valence-electron chi connectivity index (χ4n) is 4.36. The Morgan fingerprint density at radius 1 is 1.19 bits per heavy atom. The second-order valence-corrected chi connectivity index (χ2v) is 9.09. The normalized spacial score (nSPS) is 20.8. The van der Waals surface area contributed by atoms with Gasteiger partial charge in [-0.05, 0) is 56.7 Å². The molecule has 1 aliphatic heterocycles. The van der Waals surface area contributed by atoms with Crippen molar-refractivity contribution in [2.45, 2.75) is 83.8 Å². The molecule has 1 fully saturated rings. The Morgan fingerprint density at radius 3 is 2.81 bits per heavy atom. The molecule has 4 rings (SSSR count). The molecule has 6 nitrogen and oxygen atoms in total. The summed E-state index contributed by atoms with van der Waals surface area (Å²) in [5.41, 5.74) is 4.89. The molecular weight excluding hydrogens is 338 g/mol. The molecule has 1 atom stereocenters. The molecule has 0 bridgehead atoms. The number of hydrogen-bond acceptors (Lipinski definition) is 4. The van der Waals surface area contributed by atoms with E-state index in [0.717, 1.165) is 38.0 Å². The lowest BCUT2D eigenvalue weighted by Gasteiger charge is -2.25. The topological polar surface area (TPSA) is 66.8 Å². The summed E-state index contributed by atoms with van der Waals surface area (Å²) in [5.74, 6) is 0. The standard InChI is InChI=1S/C21H31N5O/c1-21(2,3)19-10-11-20(27)26(24-19)13-15-7-6-12-25(15)14-18-16-8-4-5-9-17(16)22-23-18/h10-11,15H,4-9,12-14H2,1-3H3,(H,22,23). The number of hydrogen-bond donors (Lipinski definition) is 1. The highest BCUT2D eigenvalue weighted by molar-refractivity contribution is 5.27. The minimum atomic E-state index is -0.0566. The Balaban J connectivity index is 1.51. The van der Waals surface area contributed by atoms with E-state index in [9.17, 15) is 4.79 Å². The van der Waals surface area contributed by atoms with E-state index in [-0.39, 0.29) is 11.0 Å². The van der Waals surface area contributed by atoms with Gasteiger partial charge < -0.3 is 0 Å². The lowest BCUT2D eigenvalue weighted by Crippen LogP contribution is -2.37. The summed E-state index contributed by atoms with van der Waals surface area (Å²) in [7, 11) is 0. The highest BCUT2D eigenvalue weighted by atomic mass is 16.1. The summed E-state index contributed by atoms with van der Waals surface area (Å²) >= 11 is 0. The number of H-pyrrole nitrogens is 1. The molecule has 2 aliphatic rings. The molecule has 1 unspecified atom stereocenters. The molecule has 1 N–H and O–H groups in total. The first kappa shape index (κ1) is 18.4. The van der Waals surface area contributed by atoms with Gasteiger partial charge in [0.2, 0.25) is 0 Å². The smallest absolute Gasteiger partial charge is 0.266 e. The summed E-state index contributed by atoms with van der Waals surface area (Å²) in [5, 5.41) is 12.5. The molecule has 27 heavy (non-hydrogen) atoms. The van der Waals surface area contributed by atoms with Crippen LogP contribution in [0.1, 0.15) is 69.1 Å². The Hall–Kier alpha value is -1.95. The third kappa shape index (κ3) is 3.86. The van der Waals surface area contributed by atoms with Crippen LogP contribution in [-0.4, -0.2) is 37.5 Å². The van der Waals surface area contributed by atoms with Crippen LogP contribution in [0, 0.1) is 0 Å². The Labute approximate surface area is 161 Å². The van der Waals surface area contributed by atoms with E-state index in [1.54, 1.807) is 10.7 Å². The zero-order valence-corrected chi connectivity index (χ0v) is 16.8. The molecule has 0 spiro atoms. The van der Waals surface area contributed by atoms with Crippen molar-refractivity contribution in [3.8, 4) is 0 Å². The van der Waals surface area contributed by atoms with Gasteiger partial charge in [-0.15, -0.1) is 0 Å². The minimum absolute atomic E-state index is 0.00741. The van der Waals surface area contributed by atoms with Gasteiger partial charge in [0, 0.05) is 29.8 Å². The lowest BCUT2D eigenvalue weighted by molar-refractivity contribution is 0.213. The molecule has 2 aromatic heterocycles. The number of nitrogens with one attached hydrogen (secondary N) is 1. The number of nitrogens with zero attached hydrogens (tertiary/aromatic N) is 4. The first-order chi connectivity index (χ1) is 12.9. The van der Waals surface area contributed by atoms with Gasteiger partial charge in [0.1, 0.15) is 0 Å². The van der Waals surface area contributed by atoms with Crippen LogP contribution in [0.3, 0.4) is 0 Å². The zero-order valence-electron chi connectivity index (χ0n) is 16.8. The number of aryl methyl sites for hydroxylation is 1. The number of aromatic nitrogens is 4. The fourth-order valence-corrected chi connectivity index (χ4v) is 4.36. The van der Waals surface area contributed by atoms with Crippen molar-refractivity contribution in [1.29, 1.82) is 0 Å². The van der Waals surface area contributed by atoms with Gasteiger partial charge in [0.25, 0.3) is 5.56 Å². The summed E-state index contributed by atoms with van der Waals surface area (Å²) in [4.78, 5) is 14.9. The summed E-state index contributed by atoms with van der Waals surface area (Å²) < 4.78 is 1.67. The van der Waals surface area contributed by atoms with Gasteiger partial charge in [-0.1, -0.05) is 20.8 Å². The largest absolute Gasteiger partial charge is 0.293 e. The summed E-state index contributed by atoms with van der Waals surface area (Å²) in [6, 6.07) is 3.87. The van der Waals surface area contributed by atoms with E-state index in [0.29, 0.717) is 12.6 Å². The second-order valence-electron chi connectivity index (χ2n) is 9.09. The second kappa shape index (κ2) is 7.23. The average molecular weight is 370 g/mol. The minimum Gasteiger partial charge on any atom is -0.293 e. The maximum absolute atomic E-state index is 12.4. The van der Waals surface area contributed by atoms with Crippen molar-refractivity contribution >= 4 is 0 Å². The number of aromatic amines is 1. The van der Waals surface area contributed by atoms with Gasteiger partial charge in [-0.2, -0.15) is 10.2 Å². The van der Waals surface area contributed by atoms with Crippen LogP contribution in [0.25, 0.3) is 0 Å². The van der Waals surface area contributed by atoms with Crippen molar-refractivity contribution < 1.29 is 0 Å². The molecule has 146 valence electrons. The van der Waals surface area contributed by atoms with Crippen LogP contribution in [0.4, 0.5) is 0 Å². The molecular formula is C21H31N5O. The van der Waals surface area contributed by atoms with Crippen molar-refractivity contribution in [3.05, 3.63) is 45.1 Å². The van der Waals surface area contributed by atoms with Crippen molar-refractivity contribution in [3.63, 3.8) is 0 Å². The molecule has 3 heterocycles. The molecule has 0 amide bonds. The quantitative estimate of drug-likeness (QED) is 0.900. The van der Waals surface area contributed by atoms with Gasteiger partial charge >= 0.3 is 0 Å². The van der Waals surface area contributed by atoms with E-state index in [1.807, 2.05) is 6.07 Å². The van der Waals surface area contributed by atoms with Crippen LogP contribution in [0.2, 0.25) is 0 Å². The summed E-state index contributed by atoms with van der Waals surface area (Å²) in [6.45, 7) is 9.01. The molecule has 1 saturated heterocycles. The number of rotatable bonds is 4. The van der Waals surface area contributed by atoms with Gasteiger partial charge in [0.05, 0.1) is 17.9 Å². The SMILES string of the molecule is CC(C)(C)c1ccc(=O)n(CC2CCCN2Cc2n[nH]c3c2CCCC3)n1. The van der Waals surface area contributed by atoms with E-state index < -0.39 is 0 Å². The third-order valence-corrected chi connectivity index (χ3v) is 6.01. The predicted molar refractivity (Wildman–Crippen MR) is 106 cm³/mol. The van der Waals surface area contributed by atoms with Gasteiger partial charge in [-0.25, -0.2) is 4.68 Å². The van der Waals surface area contributed by atoms with Crippen molar-refractivity contribution in [2.75, 3.05) is 6.54 Å². The highest BCUT2D eigenvalue weighted by Crippen LogP contribution is 2.26. The van der Waals surface area contributed by atoms with Crippen LogP contribution in [-0.2, 0) is 31.3 Å². The maximum Gasteiger partial charge on any atom is 0.266 e. The molecule has 0 radical (unpaired) electrons. The predicted octanol–water partition coefficient (Wildman–Crippen LogP) is 2.81. The maximum atomic E-state index is 12.4. The van der Waals surface area contributed by atoms with Crippen LogP contribution in [0.5, 0.6) is 0 Å². The highest BCUT2D eigenvalue weighted by Gasteiger charge is 2.28. The van der Waals surface area contributed by atoms with Crippen molar-refractivity contribution in [1.82, 2.24) is 24.9 Å². The van der Waals surface area contributed by atoms with E-state index in [1.165, 1.54) is 36.2 Å². The van der Waals surface area contributed by atoms with Crippen LogP contribution < -0.4 is 5.56 Å². The summed E-state index contributed by atoms with van der Waals surface area (Å²) in [6.07, 6.45) is 7.09. The van der Waals surface area contributed by atoms with Gasteiger partial charge in [0.15, 0.2) is 0 Å².